The van der Waals surface area contributed by atoms with Crippen LogP contribution in [0.25, 0.3) is 0 Å². The van der Waals surface area contributed by atoms with E-state index in [0.717, 1.165) is 37.1 Å². The number of para-hydroxylation sites is 1. The molecule has 2 atom stereocenters. The predicted octanol–water partition coefficient (Wildman–Crippen LogP) is 2.49. The highest BCUT2D eigenvalue weighted by Gasteiger charge is 2.36. The smallest absolute Gasteiger partial charge is 0.244 e. The van der Waals surface area contributed by atoms with Crippen molar-refractivity contribution in [3.8, 4) is 0 Å². The molecule has 2 aliphatic rings. The third-order valence-electron chi connectivity index (χ3n) is 7.14. The number of anilines is 1. The molecule has 5 rings (SSSR count). The fraction of sp³-hybridized carbons (Fsp3) is 0.423. The minimum absolute atomic E-state index is 0.00811. The van der Waals surface area contributed by atoms with E-state index in [1.807, 2.05) is 46.5 Å². The highest BCUT2D eigenvalue weighted by Crippen LogP contribution is 2.32. The summed E-state index contributed by atoms with van der Waals surface area (Å²) >= 11 is 0. The van der Waals surface area contributed by atoms with Crippen LogP contribution in [-0.2, 0) is 29.2 Å². The van der Waals surface area contributed by atoms with Gasteiger partial charge in [0, 0.05) is 63.3 Å². The Hall–Kier alpha value is -3.59. The van der Waals surface area contributed by atoms with Crippen LogP contribution in [0.2, 0.25) is 0 Å². The van der Waals surface area contributed by atoms with Crippen molar-refractivity contribution in [2.24, 2.45) is 0 Å². The molecule has 35 heavy (non-hydrogen) atoms. The molecule has 9 nitrogen and oxygen atoms in total. The van der Waals surface area contributed by atoms with Crippen LogP contribution in [0.4, 0.5) is 5.69 Å². The summed E-state index contributed by atoms with van der Waals surface area (Å²) < 4.78 is 1.56. The molecule has 0 saturated carbocycles. The van der Waals surface area contributed by atoms with Crippen LogP contribution in [0.1, 0.15) is 37.3 Å². The Morgan fingerprint density at radius 2 is 1.80 bits per heavy atom. The second-order valence-corrected chi connectivity index (χ2v) is 9.37. The van der Waals surface area contributed by atoms with Crippen molar-refractivity contribution in [2.45, 2.75) is 57.9 Å². The molecule has 2 aromatic heterocycles. The predicted molar refractivity (Wildman–Crippen MR) is 131 cm³/mol. The summed E-state index contributed by atoms with van der Waals surface area (Å²) in [6.07, 6.45) is 9.62. The van der Waals surface area contributed by atoms with Crippen LogP contribution in [-0.4, -0.2) is 66.5 Å². The van der Waals surface area contributed by atoms with Crippen molar-refractivity contribution < 1.29 is 9.59 Å². The zero-order valence-electron chi connectivity index (χ0n) is 20.0. The topological polar surface area (TPSA) is 87.5 Å². The van der Waals surface area contributed by atoms with Crippen molar-refractivity contribution in [1.29, 1.82) is 0 Å². The molecule has 2 amide bonds. The Bertz CT molecular complexity index is 1150. The summed E-state index contributed by atoms with van der Waals surface area (Å²) in [5.41, 5.74) is 3.07. The van der Waals surface area contributed by atoms with Gasteiger partial charge in [-0.05, 0) is 48.6 Å². The van der Waals surface area contributed by atoms with E-state index in [9.17, 15) is 9.59 Å². The standard InChI is InChI=1S/C26H31N7O2/c1-20(34)32-13-10-23-6-7-24(33(23)14-21-8-11-27-12-9-21)16-30(15-22-4-2-3-5-25(22)32)26(35)17-31-19-28-18-29-31/h2-5,8-9,11-12,18-19,23-24H,6-7,10,13-17H2,1H3. The molecular formula is C26H31N7O2. The first-order valence-electron chi connectivity index (χ1n) is 12.2. The molecule has 0 N–H and O–H groups in total. The van der Waals surface area contributed by atoms with E-state index in [4.69, 9.17) is 0 Å². The van der Waals surface area contributed by atoms with E-state index in [0.29, 0.717) is 25.7 Å². The van der Waals surface area contributed by atoms with E-state index in [2.05, 4.69) is 32.1 Å². The molecule has 0 aliphatic carbocycles. The summed E-state index contributed by atoms with van der Waals surface area (Å²) in [7, 11) is 0. The van der Waals surface area contributed by atoms with Crippen LogP contribution < -0.4 is 4.90 Å². The molecule has 0 radical (unpaired) electrons. The monoisotopic (exact) mass is 473 g/mol. The molecule has 1 saturated heterocycles. The second-order valence-electron chi connectivity index (χ2n) is 9.37. The molecule has 2 unspecified atom stereocenters. The quantitative estimate of drug-likeness (QED) is 0.579. The van der Waals surface area contributed by atoms with Crippen LogP contribution in [0.3, 0.4) is 0 Å². The Kier molecular flexibility index (Phi) is 6.85. The van der Waals surface area contributed by atoms with Gasteiger partial charge in [-0.1, -0.05) is 18.2 Å². The van der Waals surface area contributed by atoms with Gasteiger partial charge in [-0.25, -0.2) is 9.67 Å². The number of pyridine rings is 1. The molecule has 9 heteroatoms. The van der Waals surface area contributed by atoms with E-state index in [1.54, 1.807) is 17.9 Å². The molecule has 0 spiro atoms. The van der Waals surface area contributed by atoms with Crippen molar-refractivity contribution >= 4 is 17.5 Å². The average Bonchev–Trinajstić information content (AvgIpc) is 3.49. The third-order valence-corrected chi connectivity index (χ3v) is 7.14. The minimum Gasteiger partial charge on any atom is -0.335 e. The third kappa shape index (κ3) is 5.24. The Morgan fingerprint density at radius 3 is 2.57 bits per heavy atom. The molecule has 2 aliphatic heterocycles. The lowest BCUT2D eigenvalue weighted by molar-refractivity contribution is -0.133. The highest BCUT2D eigenvalue weighted by molar-refractivity contribution is 5.92. The average molecular weight is 474 g/mol. The number of rotatable bonds is 4. The lowest BCUT2D eigenvalue weighted by Gasteiger charge is -2.34. The summed E-state index contributed by atoms with van der Waals surface area (Å²) in [5, 5.41) is 4.13. The molecule has 1 aromatic carbocycles. The first kappa shape index (κ1) is 23.2. The van der Waals surface area contributed by atoms with E-state index in [-0.39, 0.29) is 24.4 Å². The summed E-state index contributed by atoms with van der Waals surface area (Å²) in [5.74, 6) is 0.0126. The molecular weight excluding hydrogens is 442 g/mol. The van der Waals surface area contributed by atoms with Gasteiger partial charge >= 0.3 is 0 Å². The maximum Gasteiger partial charge on any atom is 0.244 e. The van der Waals surface area contributed by atoms with Crippen molar-refractivity contribution in [2.75, 3.05) is 18.0 Å². The maximum atomic E-state index is 13.5. The fourth-order valence-corrected chi connectivity index (χ4v) is 5.38. The van der Waals surface area contributed by atoms with Crippen LogP contribution in [0, 0.1) is 0 Å². The number of fused-ring (bicyclic) bond motifs is 3. The second kappa shape index (κ2) is 10.4. The van der Waals surface area contributed by atoms with Gasteiger partial charge < -0.3 is 9.80 Å². The normalized spacial score (nSPS) is 20.8. The largest absolute Gasteiger partial charge is 0.335 e. The molecule has 4 heterocycles. The number of benzene rings is 1. The summed E-state index contributed by atoms with van der Waals surface area (Å²) in [6.45, 7) is 4.29. The number of aromatic nitrogens is 4. The van der Waals surface area contributed by atoms with Gasteiger partial charge in [-0.2, -0.15) is 5.10 Å². The number of hydrogen-bond donors (Lipinski definition) is 0. The lowest BCUT2D eigenvalue weighted by Crippen LogP contribution is -2.45. The van der Waals surface area contributed by atoms with Gasteiger partial charge in [0.2, 0.25) is 11.8 Å². The van der Waals surface area contributed by atoms with Gasteiger partial charge in [0.05, 0.1) is 0 Å². The summed E-state index contributed by atoms with van der Waals surface area (Å²) in [4.78, 5) is 40.7. The van der Waals surface area contributed by atoms with Gasteiger partial charge in [0.1, 0.15) is 19.2 Å². The van der Waals surface area contributed by atoms with Crippen LogP contribution >= 0.6 is 0 Å². The first-order chi connectivity index (χ1) is 17.1. The summed E-state index contributed by atoms with van der Waals surface area (Å²) in [6, 6.07) is 12.6. The van der Waals surface area contributed by atoms with Crippen LogP contribution in [0.5, 0.6) is 0 Å². The SMILES string of the molecule is CC(=O)N1CCC2CCC(CN(C(=O)Cn3cncn3)Cc3ccccc31)N2Cc1ccncc1. The first-order valence-corrected chi connectivity index (χ1v) is 12.2. The number of nitrogens with zero attached hydrogens (tertiary/aromatic N) is 7. The Labute approximate surface area is 205 Å². The van der Waals surface area contributed by atoms with Gasteiger partial charge in [0.25, 0.3) is 0 Å². The zero-order chi connectivity index (χ0) is 24.2. The Morgan fingerprint density at radius 1 is 1.00 bits per heavy atom. The molecule has 1 fully saturated rings. The Balaban J connectivity index is 1.49. The molecule has 3 aromatic rings. The van der Waals surface area contributed by atoms with Crippen molar-refractivity contribution in [3.63, 3.8) is 0 Å². The van der Waals surface area contributed by atoms with Crippen molar-refractivity contribution in [3.05, 3.63) is 72.6 Å². The molecule has 182 valence electrons. The zero-order valence-corrected chi connectivity index (χ0v) is 20.0. The van der Waals surface area contributed by atoms with Gasteiger partial charge in [0.15, 0.2) is 0 Å². The van der Waals surface area contributed by atoms with E-state index in [1.165, 1.54) is 11.9 Å². The van der Waals surface area contributed by atoms with Crippen molar-refractivity contribution in [1.82, 2.24) is 29.5 Å². The lowest BCUT2D eigenvalue weighted by atomic mass is 10.1. The molecule has 2 bridgehead atoms. The number of carbonyl (C=O) groups excluding carboxylic acids is 2. The highest BCUT2D eigenvalue weighted by atomic mass is 16.2. The fourth-order valence-electron chi connectivity index (χ4n) is 5.38. The van der Waals surface area contributed by atoms with Gasteiger partial charge in [-0.15, -0.1) is 0 Å². The van der Waals surface area contributed by atoms with Crippen LogP contribution in [0.15, 0.2) is 61.4 Å². The van der Waals surface area contributed by atoms with E-state index >= 15 is 0 Å². The number of hydrogen-bond acceptors (Lipinski definition) is 6. The van der Waals surface area contributed by atoms with Gasteiger partial charge in [-0.3, -0.25) is 19.5 Å². The van der Waals surface area contributed by atoms with E-state index < -0.39 is 0 Å². The maximum absolute atomic E-state index is 13.5. The minimum atomic E-state index is -0.00811. The number of amides is 2. The number of carbonyl (C=O) groups is 2.